The molecule has 130 valence electrons. The summed E-state index contributed by atoms with van der Waals surface area (Å²) in [4.78, 5) is 6.81. The molecule has 0 atom stereocenters. The van der Waals surface area contributed by atoms with Gasteiger partial charge in [-0.2, -0.15) is 0 Å². The van der Waals surface area contributed by atoms with Gasteiger partial charge in [0.15, 0.2) is 0 Å². The SMILES string of the molecule is OC1(c2ccccn2)CCC(N2C=CC(C3=CCC=CC3)=CC2)CC1. The second kappa shape index (κ2) is 7.01. The van der Waals surface area contributed by atoms with Gasteiger partial charge in [-0.3, -0.25) is 4.98 Å². The van der Waals surface area contributed by atoms with Crippen molar-refractivity contribution in [2.75, 3.05) is 6.54 Å². The summed E-state index contributed by atoms with van der Waals surface area (Å²) in [6.45, 7) is 0.972. The first-order chi connectivity index (χ1) is 12.2. The van der Waals surface area contributed by atoms with Gasteiger partial charge in [-0.15, -0.1) is 0 Å². The highest BCUT2D eigenvalue weighted by molar-refractivity contribution is 5.44. The van der Waals surface area contributed by atoms with Crippen LogP contribution in [0.3, 0.4) is 0 Å². The first-order valence-electron chi connectivity index (χ1n) is 9.37. The standard InChI is InChI=1S/C22H26N2O/c25-22(21-8-4-5-15-23-21)13-9-20(10-14-22)24-16-11-19(12-17-24)18-6-2-1-3-7-18/h1-2,4-5,7-8,11-12,15-16,20,25H,3,6,9-10,13-14,17H2. The van der Waals surface area contributed by atoms with Crippen molar-refractivity contribution < 1.29 is 5.11 Å². The van der Waals surface area contributed by atoms with Gasteiger partial charge in [-0.1, -0.05) is 30.4 Å². The zero-order valence-corrected chi connectivity index (χ0v) is 14.6. The average molecular weight is 334 g/mol. The van der Waals surface area contributed by atoms with Crippen molar-refractivity contribution in [1.82, 2.24) is 9.88 Å². The summed E-state index contributed by atoms with van der Waals surface area (Å²) < 4.78 is 0. The second-order valence-corrected chi connectivity index (χ2v) is 7.29. The summed E-state index contributed by atoms with van der Waals surface area (Å²) in [6.07, 6.45) is 21.1. The van der Waals surface area contributed by atoms with Crippen molar-refractivity contribution in [3.8, 4) is 0 Å². The molecule has 1 saturated carbocycles. The van der Waals surface area contributed by atoms with Crippen LogP contribution < -0.4 is 0 Å². The largest absolute Gasteiger partial charge is 0.384 e. The Morgan fingerprint density at radius 1 is 1.12 bits per heavy atom. The van der Waals surface area contributed by atoms with Crippen LogP contribution in [-0.4, -0.2) is 27.6 Å². The smallest absolute Gasteiger partial charge is 0.107 e. The van der Waals surface area contributed by atoms with E-state index in [4.69, 9.17) is 0 Å². The van der Waals surface area contributed by atoms with E-state index in [1.54, 1.807) is 6.20 Å². The maximum Gasteiger partial charge on any atom is 0.107 e. The van der Waals surface area contributed by atoms with Crippen molar-refractivity contribution >= 4 is 0 Å². The second-order valence-electron chi connectivity index (χ2n) is 7.29. The third-order valence-corrected chi connectivity index (χ3v) is 5.74. The van der Waals surface area contributed by atoms with Crippen molar-refractivity contribution in [2.24, 2.45) is 0 Å². The van der Waals surface area contributed by atoms with Gasteiger partial charge in [-0.25, -0.2) is 0 Å². The van der Waals surface area contributed by atoms with E-state index in [-0.39, 0.29) is 0 Å². The first kappa shape index (κ1) is 16.3. The molecular formula is C22H26N2O. The summed E-state index contributed by atoms with van der Waals surface area (Å²) in [7, 11) is 0. The number of allylic oxidation sites excluding steroid dienone is 6. The maximum atomic E-state index is 10.9. The molecule has 25 heavy (non-hydrogen) atoms. The summed E-state index contributed by atoms with van der Waals surface area (Å²) in [5.41, 5.74) is 2.90. The summed E-state index contributed by atoms with van der Waals surface area (Å²) in [5, 5.41) is 10.9. The molecule has 1 N–H and O–H groups in total. The van der Waals surface area contributed by atoms with E-state index in [1.165, 1.54) is 11.1 Å². The number of hydrogen-bond acceptors (Lipinski definition) is 3. The first-order valence-corrected chi connectivity index (χ1v) is 9.37. The topological polar surface area (TPSA) is 36.4 Å². The Hall–Kier alpha value is -2.13. The number of nitrogens with zero attached hydrogens (tertiary/aromatic N) is 2. The molecule has 1 fully saturated rings. The predicted octanol–water partition coefficient (Wildman–Crippen LogP) is 4.24. The van der Waals surface area contributed by atoms with Gasteiger partial charge in [0.1, 0.15) is 5.60 Å². The van der Waals surface area contributed by atoms with Crippen LogP contribution in [0.4, 0.5) is 0 Å². The highest BCUT2D eigenvalue weighted by Gasteiger charge is 2.37. The van der Waals surface area contributed by atoms with E-state index in [1.807, 2.05) is 18.2 Å². The highest BCUT2D eigenvalue weighted by Crippen LogP contribution is 2.38. The van der Waals surface area contributed by atoms with Crippen LogP contribution in [-0.2, 0) is 5.60 Å². The molecule has 1 aromatic rings. The molecule has 0 unspecified atom stereocenters. The number of rotatable bonds is 3. The average Bonchev–Trinajstić information content (AvgIpc) is 2.70. The van der Waals surface area contributed by atoms with Crippen molar-refractivity contribution in [1.29, 1.82) is 0 Å². The molecule has 2 aliphatic carbocycles. The lowest BCUT2D eigenvalue weighted by molar-refractivity contribution is -0.0220. The van der Waals surface area contributed by atoms with Gasteiger partial charge < -0.3 is 10.0 Å². The van der Waals surface area contributed by atoms with E-state index < -0.39 is 5.60 Å². The fraction of sp³-hybridized carbons (Fsp3) is 0.409. The molecule has 0 spiro atoms. The van der Waals surface area contributed by atoms with Crippen LogP contribution >= 0.6 is 0 Å². The van der Waals surface area contributed by atoms with Crippen LogP contribution in [0.5, 0.6) is 0 Å². The van der Waals surface area contributed by atoms with Crippen molar-refractivity contribution in [3.63, 3.8) is 0 Å². The molecule has 4 rings (SSSR count). The number of pyridine rings is 1. The number of aromatic nitrogens is 1. The molecule has 2 heterocycles. The van der Waals surface area contributed by atoms with Gasteiger partial charge >= 0.3 is 0 Å². The molecule has 0 bridgehead atoms. The Labute approximate surface area is 150 Å². The lowest BCUT2D eigenvalue weighted by Gasteiger charge is -2.40. The van der Waals surface area contributed by atoms with Gasteiger partial charge in [-0.05, 0) is 67.9 Å². The van der Waals surface area contributed by atoms with E-state index in [9.17, 15) is 5.11 Å². The minimum absolute atomic E-state index is 0.512. The Kier molecular flexibility index (Phi) is 4.58. The normalized spacial score (nSPS) is 29.3. The lowest BCUT2D eigenvalue weighted by Crippen LogP contribution is -2.41. The van der Waals surface area contributed by atoms with Gasteiger partial charge in [0.25, 0.3) is 0 Å². The van der Waals surface area contributed by atoms with Crippen LogP contribution in [0, 0.1) is 0 Å². The van der Waals surface area contributed by atoms with Gasteiger partial charge in [0.2, 0.25) is 0 Å². The van der Waals surface area contributed by atoms with E-state index >= 15 is 0 Å². The third-order valence-electron chi connectivity index (χ3n) is 5.74. The van der Waals surface area contributed by atoms with Gasteiger partial charge in [0, 0.05) is 25.0 Å². The summed E-state index contributed by atoms with van der Waals surface area (Å²) in [5.74, 6) is 0. The maximum absolute atomic E-state index is 10.9. The summed E-state index contributed by atoms with van der Waals surface area (Å²) in [6, 6.07) is 6.32. The molecule has 3 heteroatoms. The van der Waals surface area contributed by atoms with Crippen LogP contribution in [0.15, 0.2) is 72.1 Å². The molecule has 3 aliphatic rings. The van der Waals surface area contributed by atoms with Crippen LogP contribution in [0.25, 0.3) is 0 Å². The minimum atomic E-state index is -0.752. The Bertz CT molecular complexity index is 722. The Balaban J connectivity index is 1.36. The number of aliphatic hydroxyl groups is 1. The molecule has 1 aliphatic heterocycles. The number of hydrogen-bond donors (Lipinski definition) is 1. The van der Waals surface area contributed by atoms with Gasteiger partial charge in [0.05, 0.1) is 5.69 Å². The molecule has 0 saturated heterocycles. The fourth-order valence-electron chi connectivity index (χ4n) is 4.16. The molecule has 0 amide bonds. The predicted molar refractivity (Wildman–Crippen MR) is 101 cm³/mol. The molecule has 0 radical (unpaired) electrons. The van der Waals surface area contributed by atoms with E-state index in [2.05, 4.69) is 46.5 Å². The molecule has 1 aromatic heterocycles. The molecular weight excluding hydrogens is 308 g/mol. The fourth-order valence-corrected chi connectivity index (χ4v) is 4.16. The Morgan fingerprint density at radius 2 is 2.00 bits per heavy atom. The van der Waals surface area contributed by atoms with Crippen molar-refractivity contribution in [3.05, 3.63) is 77.8 Å². The lowest BCUT2D eigenvalue weighted by atomic mass is 9.79. The Morgan fingerprint density at radius 3 is 2.64 bits per heavy atom. The van der Waals surface area contributed by atoms with Crippen LogP contribution in [0.1, 0.15) is 44.2 Å². The zero-order chi connectivity index (χ0) is 17.1. The molecule has 3 nitrogen and oxygen atoms in total. The third kappa shape index (κ3) is 3.47. The monoisotopic (exact) mass is 334 g/mol. The van der Waals surface area contributed by atoms with Crippen molar-refractivity contribution in [2.45, 2.75) is 50.2 Å². The van der Waals surface area contributed by atoms with E-state index in [0.717, 1.165) is 50.8 Å². The minimum Gasteiger partial charge on any atom is -0.384 e. The summed E-state index contributed by atoms with van der Waals surface area (Å²) >= 11 is 0. The molecule has 0 aromatic carbocycles. The van der Waals surface area contributed by atoms with Crippen LogP contribution in [0.2, 0.25) is 0 Å². The highest BCUT2D eigenvalue weighted by atomic mass is 16.3. The zero-order valence-electron chi connectivity index (χ0n) is 14.6. The quantitative estimate of drug-likeness (QED) is 0.840. The van der Waals surface area contributed by atoms with E-state index in [0.29, 0.717) is 6.04 Å².